The summed E-state index contributed by atoms with van der Waals surface area (Å²) in [6.45, 7) is 4.53. The molecule has 1 amide bonds. The lowest BCUT2D eigenvalue weighted by molar-refractivity contribution is 0.0577. The largest absolute Gasteiger partial charge is 0.444 e. The van der Waals surface area contributed by atoms with Gasteiger partial charge in [0.25, 0.3) is 5.91 Å². The summed E-state index contributed by atoms with van der Waals surface area (Å²) in [5, 5.41) is 11.9. The van der Waals surface area contributed by atoms with Gasteiger partial charge in [0, 0.05) is 26.2 Å². The van der Waals surface area contributed by atoms with Crippen LogP contribution in [0.25, 0.3) is 0 Å². The molecular formula is C13H19BrN4O3. The van der Waals surface area contributed by atoms with Crippen molar-refractivity contribution in [2.24, 2.45) is 10.9 Å². The summed E-state index contributed by atoms with van der Waals surface area (Å²) in [5.74, 6) is 0.434. The number of rotatable bonds is 4. The van der Waals surface area contributed by atoms with Crippen molar-refractivity contribution < 1.29 is 14.4 Å². The van der Waals surface area contributed by atoms with Crippen molar-refractivity contribution in [3.05, 3.63) is 22.6 Å². The van der Waals surface area contributed by atoms with Crippen LogP contribution < -0.4 is 5.73 Å². The van der Waals surface area contributed by atoms with Crippen LogP contribution >= 0.6 is 15.9 Å². The van der Waals surface area contributed by atoms with Crippen molar-refractivity contribution in [2.45, 2.75) is 19.4 Å². The van der Waals surface area contributed by atoms with Crippen molar-refractivity contribution >= 4 is 27.7 Å². The first-order valence-corrected chi connectivity index (χ1v) is 7.62. The molecule has 3 N–H and O–H groups in total. The lowest BCUT2D eigenvalue weighted by atomic mass is 10.1. The van der Waals surface area contributed by atoms with Crippen LogP contribution in [-0.4, -0.2) is 59.0 Å². The maximum Gasteiger partial charge on any atom is 0.289 e. The van der Waals surface area contributed by atoms with Crippen molar-refractivity contribution in [3.8, 4) is 0 Å². The molecule has 1 fully saturated rings. The molecule has 21 heavy (non-hydrogen) atoms. The molecule has 1 unspecified atom stereocenters. The van der Waals surface area contributed by atoms with Crippen LogP contribution in [0, 0.1) is 0 Å². The van der Waals surface area contributed by atoms with Crippen LogP contribution in [0.15, 0.2) is 26.4 Å². The van der Waals surface area contributed by atoms with E-state index in [1.807, 2.05) is 6.92 Å². The number of piperazine rings is 1. The number of furan rings is 1. The molecule has 7 nitrogen and oxygen atoms in total. The molecule has 2 heterocycles. The number of amides is 1. The fourth-order valence-corrected chi connectivity index (χ4v) is 2.85. The van der Waals surface area contributed by atoms with Gasteiger partial charge in [-0.25, -0.2) is 0 Å². The fraction of sp³-hybridized carbons (Fsp3) is 0.538. The van der Waals surface area contributed by atoms with Gasteiger partial charge in [-0.3, -0.25) is 9.69 Å². The van der Waals surface area contributed by atoms with Crippen molar-refractivity contribution in [2.75, 3.05) is 26.2 Å². The molecule has 1 aromatic heterocycles. The van der Waals surface area contributed by atoms with Gasteiger partial charge < -0.3 is 20.3 Å². The maximum atomic E-state index is 12.3. The third-order valence-electron chi connectivity index (χ3n) is 3.67. The van der Waals surface area contributed by atoms with Gasteiger partial charge in [-0.2, -0.15) is 0 Å². The molecule has 2 rings (SSSR count). The Kier molecular flexibility index (Phi) is 5.24. The van der Waals surface area contributed by atoms with E-state index in [0.717, 1.165) is 6.42 Å². The summed E-state index contributed by atoms with van der Waals surface area (Å²) in [4.78, 5) is 16.1. The first kappa shape index (κ1) is 15.8. The molecule has 0 aromatic carbocycles. The SMILES string of the molecule is CCC(C(N)=NO)N1CCN(C(=O)c2ccc(Br)o2)CC1. The van der Waals surface area contributed by atoms with Crippen LogP contribution in [0.2, 0.25) is 0 Å². The minimum atomic E-state index is -0.114. The summed E-state index contributed by atoms with van der Waals surface area (Å²) in [6.07, 6.45) is 0.759. The zero-order valence-corrected chi connectivity index (χ0v) is 13.4. The lowest BCUT2D eigenvalue weighted by Crippen LogP contribution is -2.55. The van der Waals surface area contributed by atoms with Gasteiger partial charge in [-0.15, -0.1) is 0 Å². The van der Waals surface area contributed by atoms with Gasteiger partial charge in [0.15, 0.2) is 16.3 Å². The van der Waals surface area contributed by atoms with Crippen LogP contribution in [0.1, 0.15) is 23.9 Å². The number of oxime groups is 1. The van der Waals surface area contributed by atoms with E-state index < -0.39 is 0 Å². The predicted octanol–water partition coefficient (Wildman–Crippen LogP) is 1.32. The molecule has 1 aliphatic heterocycles. The zero-order chi connectivity index (χ0) is 15.4. The topological polar surface area (TPSA) is 95.3 Å². The summed E-state index contributed by atoms with van der Waals surface area (Å²) in [7, 11) is 0. The Balaban J connectivity index is 1.95. The Labute approximate surface area is 131 Å². The summed E-state index contributed by atoms with van der Waals surface area (Å²) < 4.78 is 5.83. The van der Waals surface area contributed by atoms with E-state index >= 15 is 0 Å². The third kappa shape index (κ3) is 3.56. The van der Waals surface area contributed by atoms with Crippen LogP contribution in [0.4, 0.5) is 0 Å². The maximum absolute atomic E-state index is 12.3. The van der Waals surface area contributed by atoms with E-state index in [0.29, 0.717) is 36.6 Å². The highest BCUT2D eigenvalue weighted by molar-refractivity contribution is 9.10. The predicted molar refractivity (Wildman–Crippen MR) is 81.4 cm³/mol. The first-order valence-electron chi connectivity index (χ1n) is 6.83. The summed E-state index contributed by atoms with van der Waals surface area (Å²) in [5.41, 5.74) is 5.70. The highest BCUT2D eigenvalue weighted by atomic mass is 79.9. The molecule has 1 aromatic rings. The average molecular weight is 359 g/mol. The van der Waals surface area contributed by atoms with Gasteiger partial charge in [0.2, 0.25) is 0 Å². The Morgan fingerprint density at radius 1 is 1.48 bits per heavy atom. The highest BCUT2D eigenvalue weighted by Gasteiger charge is 2.28. The van der Waals surface area contributed by atoms with Crippen LogP contribution in [0.5, 0.6) is 0 Å². The number of nitrogens with zero attached hydrogens (tertiary/aromatic N) is 3. The second kappa shape index (κ2) is 6.95. The van der Waals surface area contributed by atoms with Crippen molar-refractivity contribution in [3.63, 3.8) is 0 Å². The van der Waals surface area contributed by atoms with E-state index in [9.17, 15) is 4.79 Å². The standard InChI is InChI=1S/C13H19BrN4O3/c1-2-9(12(15)16-20)17-5-7-18(8-6-17)13(19)10-3-4-11(14)21-10/h3-4,9,20H,2,5-8H2,1H3,(H2,15,16). The molecule has 0 spiro atoms. The summed E-state index contributed by atoms with van der Waals surface area (Å²) >= 11 is 3.19. The minimum absolute atomic E-state index is 0.0926. The van der Waals surface area contributed by atoms with E-state index in [1.54, 1.807) is 17.0 Å². The molecule has 1 saturated heterocycles. The Bertz CT molecular complexity index is 523. The molecule has 8 heteroatoms. The lowest BCUT2D eigenvalue weighted by Gasteiger charge is -2.38. The number of hydrogen-bond donors (Lipinski definition) is 2. The van der Waals surface area contributed by atoms with Gasteiger partial charge in [-0.05, 0) is 34.5 Å². The van der Waals surface area contributed by atoms with Gasteiger partial charge in [0.05, 0.1) is 6.04 Å². The third-order valence-corrected chi connectivity index (χ3v) is 4.10. The molecule has 0 bridgehead atoms. The molecule has 0 aliphatic carbocycles. The molecule has 1 aliphatic rings. The van der Waals surface area contributed by atoms with E-state index in [4.69, 9.17) is 15.4 Å². The highest BCUT2D eigenvalue weighted by Crippen LogP contribution is 2.17. The zero-order valence-electron chi connectivity index (χ0n) is 11.8. The number of halogens is 1. The normalized spacial score (nSPS) is 18.8. The molecular weight excluding hydrogens is 340 g/mol. The van der Waals surface area contributed by atoms with E-state index in [1.165, 1.54) is 0 Å². The van der Waals surface area contributed by atoms with Gasteiger partial charge >= 0.3 is 0 Å². The second-order valence-corrected chi connectivity index (χ2v) is 5.66. The molecule has 0 saturated carbocycles. The van der Waals surface area contributed by atoms with Crippen LogP contribution in [0.3, 0.4) is 0 Å². The minimum Gasteiger partial charge on any atom is -0.444 e. The summed E-state index contributed by atoms with van der Waals surface area (Å²) in [6, 6.07) is 3.27. The number of carbonyl (C=O) groups excluding carboxylic acids is 1. The van der Waals surface area contributed by atoms with Crippen LogP contribution in [-0.2, 0) is 0 Å². The fourth-order valence-electron chi connectivity index (χ4n) is 2.54. The quantitative estimate of drug-likeness (QED) is 0.366. The molecule has 1 atom stereocenters. The number of nitrogens with two attached hydrogens (primary N) is 1. The number of amidine groups is 1. The van der Waals surface area contributed by atoms with E-state index in [2.05, 4.69) is 26.0 Å². The smallest absolute Gasteiger partial charge is 0.289 e. The van der Waals surface area contributed by atoms with Gasteiger partial charge in [0.1, 0.15) is 0 Å². The Morgan fingerprint density at radius 2 is 2.14 bits per heavy atom. The number of carbonyl (C=O) groups is 1. The Hall–Kier alpha value is -1.54. The van der Waals surface area contributed by atoms with Gasteiger partial charge in [-0.1, -0.05) is 12.1 Å². The molecule has 116 valence electrons. The molecule has 0 radical (unpaired) electrons. The van der Waals surface area contributed by atoms with Crippen molar-refractivity contribution in [1.82, 2.24) is 9.80 Å². The van der Waals surface area contributed by atoms with E-state index in [-0.39, 0.29) is 17.8 Å². The monoisotopic (exact) mass is 358 g/mol. The average Bonchev–Trinajstić information content (AvgIpc) is 2.94. The van der Waals surface area contributed by atoms with Crippen molar-refractivity contribution in [1.29, 1.82) is 0 Å². The first-order chi connectivity index (χ1) is 10.1. The second-order valence-electron chi connectivity index (χ2n) is 4.88. The number of hydrogen-bond acceptors (Lipinski definition) is 5. The Morgan fingerprint density at radius 3 is 2.62 bits per heavy atom.